The van der Waals surface area contributed by atoms with Gasteiger partial charge in [0.15, 0.2) is 0 Å². The first-order valence-electron chi connectivity index (χ1n) is 6.50. The van der Waals surface area contributed by atoms with E-state index in [1.807, 2.05) is 12.1 Å². The summed E-state index contributed by atoms with van der Waals surface area (Å²) < 4.78 is 26.1. The Hall–Kier alpha value is -0.620. The molecule has 1 aliphatic carbocycles. The molecule has 0 heterocycles. The average molecular weight is 303 g/mol. The number of hydrogen-bond donors (Lipinski definition) is 2. The highest BCUT2D eigenvalue weighted by atomic mass is 35.5. The lowest BCUT2D eigenvalue weighted by atomic mass is 10.2. The van der Waals surface area contributed by atoms with Gasteiger partial charge in [0.05, 0.1) is 5.75 Å². The van der Waals surface area contributed by atoms with Crippen LogP contribution in [0.1, 0.15) is 24.8 Å². The number of rotatable bonds is 8. The summed E-state index contributed by atoms with van der Waals surface area (Å²) in [6, 6.07) is 7.82. The second-order valence-electron chi connectivity index (χ2n) is 4.85. The molecule has 4 nitrogen and oxygen atoms in total. The predicted octanol–water partition coefficient (Wildman–Crippen LogP) is 1.90. The number of nitrogens with one attached hydrogen (secondary N) is 2. The molecule has 1 saturated carbocycles. The van der Waals surface area contributed by atoms with E-state index in [1.54, 1.807) is 12.1 Å². The minimum Gasteiger partial charge on any atom is -0.314 e. The molecule has 0 bridgehead atoms. The van der Waals surface area contributed by atoms with E-state index in [9.17, 15) is 8.42 Å². The zero-order valence-electron chi connectivity index (χ0n) is 10.7. The van der Waals surface area contributed by atoms with Crippen LogP contribution >= 0.6 is 11.6 Å². The van der Waals surface area contributed by atoms with Crippen molar-refractivity contribution in [1.29, 1.82) is 0 Å². The maximum absolute atomic E-state index is 11.8. The van der Waals surface area contributed by atoms with Crippen molar-refractivity contribution >= 4 is 21.6 Å². The fourth-order valence-corrected chi connectivity index (χ4v) is 3.04. The smallest absolute Gasteiger partial charge is 0.211 e. The first kappa shape index (κ1) is 14.8. The van der Waals surface area contributed by atoms with Gasteiger partial charge in [0.1, 0.15) is 0 Å². The minimum atomic E-state index is -3.20. The molecule has 2 rings (SSSR count). The predicted molar refractivity (Wildman–Crippen MR) is 77.7 cm³/mol. The lowest BCUT2D eigenvalue weighted by Crippen LogP contribution is -2.28. The molecule has 0 saturated heterocycles. The molecule has 1 aromatic carbocycles. The van der Waals surface area contributed by atoms with E-state index in [4.69, 9.17) is 11.6 Å². The summed E-state index contributed by atoms with van der Waals surface area (Å²) in [5.41, 5.74) is 0.868. The molecular formula is C13H19ClN2O2S. The van der Waals surface area contributed by atoms with Gasteiger partial charge >= 0.3 is 0 Å². The third-order valence-corrected chi connectivity index (χ3v) is 4.63. The highest BCUT2D eigenvalue weighted by Gasteiger charge is 2.20. The molecule has 0 atom stereocenters. The minimum absolute atomic E-state index is 0.160. The largest absolute Gasteiger partial charge is 0.314 e. The van der Waals surface area contributed by atoms with E-state index in [1.165, 1.54) is 12.8 Å². The van der Waals surface area contributed by atoms with Crippen molar-refractivity contribution in [2.75, 3.05) is 12.3 Å². The van der Waals surface area contributed by atoms with E-state index in [2.05, 4.69) is 10.0 Å². The molecule has 1 aliphatic rings. The summed E-state index contributed by atoms with van der Waals surface area (Å²) >= 11 is 5.85. The Kier molecular flexibility index (Phi) is 5.21. The monoisotopic (exact) mass is 302 g/mol. The SMILES string of the molecule is O=S(=O)(CCCNC1CC1)NCc1cccc(Cl)c1. The van der Waals surface area contributed by atoms with Crippen LogP contribution < -0.4 is 10.0 Å². The van der Waals surface area contributed by atoms with Crippen LogP contribution in [0.4, 0.5) is 0 Å². The van der Waals surface area contributed by atoms with Crippen LogP contribution in [0, 0.1) is 0 Å². The van der Waals surface area contributed by atoms with Gasteiger partial charge < -0.3 is 5.32 Å². The third-order valence-electron chi connectivity index (χ3n) is 2.99. The summed E-state index contributed by atoms with van der Waals surface area (Å²) in [5.74, 6) is 0.160. The second-order valence-corrected chi connectivity index (χ2v) is 7.21. The molecule has 0 aromatic heterocycles. The van der Waals surface area contributed by atoms with Crippen LogP contribution in [0.5, 0.6) is 0 Å². The van der Waals surface area contributed by atoms with Gasteiger partial charge in [-0.15, -0.1) is 0 Å². The molecule has 1 aromatic rings. The molecule has 0 radical (unpaired) electrons. The van der Waals surface area contributed by atoms with E-state index >= 15 is 0 Å². The van der Waals surface area contributed by atoms with Gasteiger partial charge in [-0.2, -0.15) is 0 Å². The number of benzene rings is 1. The molecular weight excluding hydrogens is 284 g/mol. The van der Waals surface area contributed by atoms with E-state index in [0.29, 0.717) is 24.0 Å². The maximum Gasteiger partial charge on any atom is 0.211 e. The quantitative estimate of drug-likeness (QED) is 0.721. The summed E-state index contributed by atoms with van der Waals surface area (Å²) in [4.78, 5) is 0. The summed E-state index contributed by atoms with van der Waals surface area (Å²) in [7, 11) is -3.20. The van der Waals surface area contributed by atoms with E-state index in [0.717, 1.165) is 12.1 Å². The highest BCUT2D eigenvalue weighted by Crippen LogP contribution is 2.18. The second kappa shape index (κ2) is 6.70. The average Bonchev–Trinajstić information content (AvgIpc) is 3.17. The van der Waals surface area contributed by atoms with Crippen LogP contribution in [0.3, 0.4) is 0 Å². The van der Waals surface area contributed by atoms with Crippen molar-refractivity contribution in [2.45, 2.75) is 31.8 Å². The lowest BCUT2D eigenvalue weighted by Gasteiger charge is -2.07. The molecule has 1 fully saturated rings. The van der Waals surface area contributed by atoms with Crippen LogP contribution in [0.2, 0.25) is 5.02 Å². The molecule has 2 N–H and O–H groups in total. The lowest BCUT2D eigenvalue weighted by molar-refractivity contribution is 0.574. The Bertz CT molecular complexity index is 515. The Labute approximate surface area is 119 Å². The van der Waals surface area contributed by atoms with Gasteiger partial charge in [-0.1, -0.05) is 23.7 Å². The first-order valence-corrected chi connectivity index (χ1v) is 8.53. The molecule has 6 heteroatoms. The number of sulfonamides is 1. The van der Waals surface area contributed by atoms with Gasteiger partial charge in [-0.25, -0.2) is 13.1 Å². The van der Waals surface area contributed by atoms with Gasteiger partial charge in [-0.3, -0.25) is 0 Å². The van der Waals surface area contributed by atoms with Crippen molar-refractivity contribution in [2.24, 2.45) is 0 Å². The van der Waals surface area contributed by atoms with Gasteiger partial charge in [0.25, 0.3) is 0 Å². The topological polar surface area (TPSA) is 58.2 Å². The van der Waals surface area contributed by atoms with Crippen LogP contribution in [-0.2, 0) is 16.6 Å². The Balaban J connectivity index is 1.70. The maximum atomic E-state index is 11.8. The van der Waals surface area contributed by atoms with Crippen molar-refractivity contribution in [3.8, 4) is 0 Å². The zero-order chi connectivity index (χ0) is 13.7. The van der Waals surface area contributed by atoms with Crippen molar-refractivity contribution in [3.63, 3.8) is 0 Å². The molecule has 19 heavy (non-hydrogen) atoms. The summed E-state index contributed by atoms with van der Waals surface area (Å²) in [6.45, 7) is 1.06. The van der Waals surface area contributed by atoms with Crippen molar-refractivity contribution in [3.05, 3.63) is 34.9 Å². The fraction of sp³-hybridized carbons (Fsp3) is 0.538. The van der Waals surface area contributed by atoms with Crippen molar-refractivity contribution in [1.82, 2.24) is 10.0 Å². The first-order chi connectivity index (χ1) is 9.05. The Morgan fingerprint density at radius 1 is 1.32 bits per heavy atom. The fourth-order valence-electron chi connectivity index (χ4n) is 1.77. The molecule has 0 unspecified atom stereocenters. The molecule has 0 spiro atoms. The van der Waals surface area contributed by atoms with E-state index < -0.39 is 10.0 Å². The summed E-state index contributed by atoms with van der Waals surface area (Å²) in [5, 5.41) is 3.92. The third kappa shape index (κ3) is 5.91. The molecule has 106 valence electrons. The molecule has 0 aliphatic heterocycles. The zero-order valence-corrected chi connectivity index (χ0v) is 12.3. The Morgan fingerprint density at radius 3 is 2.79 bits per heavy atom. The standard InChI is InChI=1S/C13H19ClN2O2S/c14-12-4-1-3-11(9-12)10-16-19(17,18)8-2-7-15-13-5-6-13/h1,3-4,9,13,15-16H,2,5-8,10H2. The van der Waals surface area contributed by atoms with E-state index in [-0.39, 0.29) is 5.75 Å². The van der Waals surface area contributed by atoms with Gasteiger partial charge in [-0.05, 0) is 43.5 Å². The molecule has 0 amide bonds. The van der Waals surface area contributed by atoms with Gasteiger partial charge in [0.2, 0.25) is 10.0 Å². The number of hydrogen-bond acceptors (Lipinski definition) is 3. The summed E-state index contributed by atoms with van der Waals surface area (Å²) in [6.07, 6.45) is 3.08. The highest BCUT2D eigenvalue weighted by molar-refractivity contribution is 7.89. The normalized spacial score (nSPS) is 15.6. The van der Waals surface area contributed by atoms with Crippen LogP contribution in [0.25, 0.3) is 0 Å². The van der Waals surface area contributed by atoms with Crippen LogP contribution in [-0.4, -0.2) is 26.8 Å². The van der Waals surface area contributed by atoms with Gasteiger partial charge in [0, 0.05) is 17.6 Å². The van der Waals surface area contributed by atoms with Crippen molar-refractivity contribution < 1.29 is 8.42 Å². The van der Waals surface area contributed by atoms with Crippen LogP contribution in [0.15, 0.2) is 24.3 Å². The Morgan fingerprint density at radius 2 is 2.11 bits per heavy atom. The number of halogens is 1.